The minimum absolute atomic E-state index is 0.314. The van der Waals surface area contributed by atoms with Gasteiger partial charge in [-0.05, 0) is 50.1 Å². The van der Waals surface area contributed by atoms with Gasteiger partial charge in [0.15, 0.2) is 0 Å². The lowest BCUT2D eigenvalue weighted by atomic mass is 9.88. The van der Waals surface area contributed by atoms with Crippen molar-refractivity contribution in [1.82, 2.24) is 15.1 Å². The Labute approximate surface area is 157 Å². The summed E-state index contributed by atoms with van der Waals surface area (Å²) in [5, 5.41) is 3.24. The van der Waals surface area contributed by atoms with Crippen LogP contribution >= 0.6 is 0 Å². The van der Waals surface area contributed by atoms with E-state index in [1.54, 1.807) is 0 Å². The largest absolute Gasteiger partial charge is 0.356 e. The molecule has 2 saturated carbocycles. The third kappa shape index (κ3) is 3.96. The minimum Gasteiger partial charge on any atom is -0.356 e. The van der Waals surface area contributed by atoms with Crippen LogP contribution in [0.1, 0.15) is 43.7 Å². The maximum atomic E-state index is 12.5. The lowest BCUT2D eigenvalue weighted by molar-refractivity contribution is -0.126. The van der Waals surface area contributed by atoms with Gasteiger partial charge in [-0.25, -0.2) is 0 Å². The first kappa shape index (κ1) is 18.0. The van der Waals surface area contributed by atoms with Crippen LogP contribution in [0.4, 0.5) is 0 Å². The number of fused-ring (bicyclic) bond motifs is 2. The molecule has 1 saturated heterocycles. The summed E-state index contributed by atoms with van der Waals surface area (Å²) in [6.45, 7) is 5.20. The summed E-state index contributed by atoms with van der Waals surface area (Å²) in [6.07, 6.45) is 6.13. The lowest BCUT2D eigenvalue weighted by Gasteiger charge is -2.40. The SMILES string of the molecule is CN1CCN(CCCNC(=O)[C@H]2C[C@H]3CC[C@H]2C3)[C@@H](c2ccccc2)C1. The van der Waals surface area contributed by atoms with Crippen molar-refractivity contribution in [1.29, 1.82) is 0 Å². The van der Waals surface area contributed by atoms with Crippen LogP contribution in [0.3, 0.4) is 0 Å². The summed E-state index contributed by atoms with van der Waals surface area (Å²) < 4.78 is 0. The first-order valence-corrected chi connectivity index (χ1v) is 10.5. The van der Waals surface area contributed by atoms with Crippen molar-refractivity contribution in [2.45, 2.75) is 38.1 Å². The molecule has 4 heteroatoms. The predicted octanol–water partition coefficient (Wildman–Crippen LogP) is 2.92. The van der Waals surface area contributed by atoms with Gasteiger partial charge in [0, 0.05) is 44.7 Å². The van der Waals surface area contributed by atoms with Gasteiger partial charge < -0.3 is 10.2 Å². The van der Waals surface area contributed by atoms with Crippen LogP contribution in [0.2, 0.25) is 0 Å². The Balaban J connectivity index is 1.24. The molecule has 26 heavy (non-hydrogen) atoms. The molecule has 1 N–H and O–H groups in total. The molecule has 142 valence electrons. The number of rotatable bonds is 6. The molecule has 4 rings (SSSR count). The first-order chi connectivity index (χ1) is 12.7. The molecule has 2 aliphatic carbocycles. The third-order valence-corrected chi connectivity index (χ3v) is 6.87. The van der Waals surface area contributed by atoms with E-state index in [2.05, 4.69) is 52.5 Å². The summed E-state index contributed by atoms with van der Waals surface area (Å²) in [4.78, 5) is 17.5. The first-order valence-electron chi connectivity index (χ1n) is 10.5. The van der Waals surface area contributed by atoms with E-state index in [9.17, 15) is 4.79 Å². The molecule has 0 radical (unpaired) electrons. The molecule has 0 aromatic heterocycles. The fraction of sp³-hybridized carbons (Fsp3) is 0.682. The summed E-state index contributed by atoms with van der Waals surface area (Å²) in [7, 11) is 2.21. The van der Waals surface area contributed by atoms with Crippen molar-refractivity contribution in [3.05, 3.63) is 35.9 Å². The molecule has 2 bridgehead atoms. The number of hydrogen-bond donors (Lipinski definition) is 1. The Morgan fingerprint density at radius 2 is 2.00 bits per heavy atom. The molecule has 4 nitrogen and oxygen atoms in total. The second kappa shape index (κ2) is 8.10. The van der Waals surface area contributed by atoms with Gasteiger partial charge in [-0.15, -0.1) is 0 Å². The molecular weight excluding hydrogens is 322 g/mol. The number of amides is 1. The van der Waals surface area contributed by atoms with Crippen molar-refractivity contribution in [2.75, 3.05) is 39.8 Å². The molecular formula is C22H33N3O. The van der Waals surface area contributed by atoms with E-state index in [-0.39, 0.29) is 0 Å². The normalized spacial score (nSPS) is 32.0. The smallest absolute Gasteiger partial charge is 0.223 e. The molecule has 3 aliphatic rings. The monoisotopic (exact) mass is 355 g/mol. The van der Waals surface area contributed by atoms with Crippen molar-refractivity contribution >= 4 is 5.91 Å². The van der Waals surface area contributed by atoms with Crippen LogP contribution in [-0.4, -0.2) is 55.5 Å². The van der Waals surface area contributed by atoms with Gasteiger partial charge in [0.1, 0.15) is 0 Å². The molecule has 0 spiro atoms. The van der Waals surface area contributed by atoms with E-state index < -0.39 is 0 Å². The summed E-state index contributed by atoms with van der Waals surface area (Å²) in [5.74, 6) is 2.16. The number of carbonyl (C=O) groups excluding carboxylic acids is 1. The van der Waals surface area contributed by atoms with Crippen LogP contribution in [-0.2, 0) is 4.79 Å². The van der Waals surface area contributed by atoms with Crippen LogP contribution in [0.15, 0.2) is 30.3 Å². The number of carbonyl (C=O) groups is 1. The molecule has 1 heterocycles. The third-order valence-electron chi connectivity index (χ3n) is 6.87. The van der Waals surface area contributed by atoms with E-state index >= 15 is 0 Å². The lowest BCUT2D eigenvalue weighted by Crippen LogP contribution is -2.47. The highest BCUT2D eigenvalue weighted by Crippen LogP contribution is 2.48. The quantitative estimate of drug-likeness (QED) is 0.797. The van der Waals surface area contributed by atoms with Gasteiger partial charge in [0.25, 0.3) is 0 Å². The molecule has 1 aromatic carbocycles. The average molecular weight is 356 g/mol. The van der Waals surface area contributed by atoms with E-state index in [1.807, 2.05) is 0 Å². The fourth-order valence-electron chi connectivity index (χ4n) is 5.41. The second-order valence-corrected chi connectivity index (χ2v) is 8.65. The fourth-order valence-corrected chi connectivity index (χ4v) is 5.41. The van der Waals surface area contributed by atoms with Gasteiger partial charge in [0.05, 0.1) is 0 Å². The molecule has 0 unspecified atom stereocenters. The van der Waals surface area contributed by atoms with Crippen LogP contribution in [0, 0.1) is 17.8 Å². The minimum atomic E-state index is 0.314. The highest BCUT2D eigenvalue weighted by Gasteiger charge is 2.42. The second-order valence-electron chi connectivity index (χ2n) is 8.65. The Hall–Kier alpha value is -1.39. The molecule has 4 atom stereocenters. The number of nitrogens with one attached hydrogen (secondary N) is 1. The Kier molecular flexibility index (Phi) is 5.60. The molecule has 1 aliphatic heterocycles. The van der Waals surface area contributed by atoms with Crippen molar-refractivity contribution in [3.63, 3.8) is 0 Å². The number of nitrogens with zero attached hydrogens (tertiary/aromatic N) is 2. The highest BCUT2D eigenvalue weighted by atomic mass is 16.1. The van der Waals surface area contributed by atoms with Crippen LogP contribution < -0.4 is 5.32 Å². The van der Waals surface area contributed by atoms with Crippen molar-refractivity contribution in [2.24, 2.45) is 17.8 Å². The Morgan fingerprint density at radius 1 is 1.15 bits per heavy atom. The van der Waals surface area contributed by atoms with Gasteiger partial charge in [-0.1, -0.05) is 36.8 Å². The average Bonchev–Trinajstić information content (AvgIpc) is 3.30. The van der Waals surface area contributed by atoms with Crippen LogP contribution in [0.5, 0.6) is 0 Å². The molecule has 3 fully saturated rings. The standard InChI is InChI=1S/C22H33N3O/c1-24-12-13-25(21(16-24)18-6-3-2-4-7-18)11-5-10-23-22(26)20-15-17-8-9-19(20)14-17/h2-4,6-7,17,19-21H,5,8-16H2,1H3,(H,23,26)/t17-,19-,20-,21+/m0/s1. The summed E-state index contributed by atoms with van der Waals surface area (Å²) in [6, 6.07) is 11.3. The maximum Gasteiger partial charge on any atom is 0.223 e. The summed E-state index contributed by atoms with van der Waals surface area (Å²) in [5.41, 5.74) is 1.41. The summed E-state index contributed by atoms with van der Waals surface area (Å²) >= 11 is 0. The van der Waals surface area contributed by atoms with Crippen LogP contribution in [0.25, 0.3) is 0 Å². The number of likely N-dealkylation sites (N-methyl/N-ethyl adjacent to an activating group) is 1. The number of piperazine rings is 1. The van der Waals surface area contributed by atoms with E-state index in [0.29, 0.717) is 23.8 Å². The number of benzene rings is 1. The maximum absolute atomic E-state index is 12.5. The van der Waals surface area contributed by atoms with E-state index in [4.69, 9.17) is 0 Å². The zero-order chi connectivity index (χ0) is 17.9. The van der Waals surface area contributed by atoms with Gasteiger partial charge in [-0.3, -0.25) is 9.69 Å². The van der Waals surface area contributed by atoms with Crippen molar-refractivity contribution < 1.29 is 4.79 Å². The zero-order valence-electron chi connectivity index (χ0n) is 16.1. The zero-order valence-corrected chi connectivity index (χ0v) is 16.1. The van der Waals surface area contributed by atoms with Gasteiger partial charge >= 0.3 is 0 Å². The Morgan fingerprint density at radius 3 is 2.73 bits per heavy atom. The van der Waals surface area contributed by atoms with E-state index in [0.717, 1.165) is 51.5 Å². The highest BCUT2D eigenvalue weighted by molar-refractivity contribution is 5.79. The van der Waals surface area contributed by atoms with E-state index in [1.165, 1.54) is 24.8 Å². The molecule has 1 aromatic rings. The van der Waals surface area contributed by atoms with Crippen molar-refractivity contribution in [3.8, 4) is 0 Å². The van der Waals surface area contributed by atoms with Gasteiger partial charge in [-0.2, -0.15) is 0 Å². The number of hydrogen-bond acceptors (Lipinski definition) is 3. The molecule has 1 amide bonds. The Bertz CT molecular complexity index is 605. The van der Waals surface area contributed by atoms with Gasteiger partial charge in [0.2, 0.25) is 5.91 Å². The topological polar surface area (TPSA) is 35.6 Å². The predicted molar refractivity (Wildman–Crippen MR) is 105 cm³/mol.